The van der Waals surface area contributed by atoms with Crippen molar-refractivity contribution in [2.24, 2.45) is 5.92 Å². The summed E-state index contributed by atoms with van der Waals surface area (Å²) in [5.41, 5.74) is 2.08. The van der Waals surface area contributed by atoms with E-state index in [4.69, 9.17) is 9.84 Å². The number of ether oxygens (including phenoxy) is 1. The number of halogens is 1. The van der Waals surface area contributed by atoms with Crippen LogP contribution in [0.4, 0.5) is 0 Å². The molecule has 112 valence electrons. The molecule has 1 saturated heterocycles. The van der Waals surface area contributed by atoms with Crippen LogP contribution < -0.4 is 4.74 Å². The quantitative estimate of drug-likeness (QED) is 0.904. The SMILES string of the molecule is O=C(O)C1CCC(=O)N(Cc2cc(Br)cc3c2OCC3)C1. The minimum absolute atomic E-state index is 0.0132. The van der Waals surface area contributed by atoms with Gasteiger partial charge in [0.05, 0.1) is 12.5 Å². The van der Waals surface area contributed by atoms with Crippen LogP contribution in [-0.4, -0.2) is 35.0 Å². The molecule has 3 rings (SSSR count). The molecule has 1 aromatic carbocycles. The third kappa shape index (κ3) is 2.90. The zero-order valence-corrected chi connectivity index (χ0v) is 13.1. The number of likely N-dealkylation sites (tertiary alicyclic amines) is 1. The number of hydrogen-bond donors (Lipinski definition) is 1. The Balaban J connectivity index is 1.82. The summed E-state index contributed by atoms with van der Waals surface area (Å²) < 4.78 is 6.62. The van der Waals surface area contributed by atoms with Crippen molar-refractivity contribution in [2.45, 2.75) is 25.8 Å². The number of rotatable bonds is 3. The van der Waals surface area contributed by atoms with E-state index in [1.54, 1.807) is 4.90 Å². The summed E-state index contributed by atoms with van der Waals surface area (Å²) in [5, 5.41) is 9.14. The van der Waals surface area contributed by atoms with Crippen molar-refractivity contribution in [1.82, 2.24) is 4.90 Å². The molecule has 0 bridgehead atoms. The number of benzene rings is 1. The highest BCUT2D eigenvalue weighted by Gasteiger charge is 2.31. The minimum Gasteiger partial charge on any atom is -0.493 e. The van der Waals surface area contributed by atoms with E-state index in [2.05, 4.69) is 15.9 Å². The number of carbonyl (C=O) groups excluding carboxylic acids is 1. The first kappa shape index (κ1) is 14.4. The van der Waals surface area contributed by atoms with E-state index in [0.29, 0.717) is 26.0 Å². The van der Waals surface area contributed by atoms with Crippen LogP contribution in [0, 0.1) is 5.92 Å². The van der Waals surface area contributed by atoms with Gasteiger partial charge in [-0.15, -0.1) is 0 Å². The first-order valence-electron chi connectivity index (χ1n) is 6.99. The third-order valence-electron chi connectivity index (χ3n) is 4.04. The molecule has 1 unspecified atom stereocenters. The van der Waals surface area contributed by atoms with E-state index in [9.17, 15) is 9.59 Å². The number of hydrogen-bond acceptors (Lipinski definition) is 3. The maximum Gasteiger partial charge on any atom is 0.308 e. The summed E-state index contributed by atoms with van der Waals surface area (Å²) in [6.45, 7) is 1.34. The molecule has 1 amide bonds. The van der Waals surface area contributed by atoms with Crippen LogP contribution in [0.2, 0.25) is 0 Å². The fourth-order valence-corrected chi connectivity index (χ4v) is 3.49. The molecule has 1 atom stereocenters. The molecule has 0 saturated carbocycles. The van der Waals surface area contributed by atoms with E-state index in [-0.39, 0.29) is 12.5 Å². The molecule has 0 spiro atoms. The van der Waals surface area contributed by atoms with Gasteiger partial charge in [-0.1, -0.05) is 15.9 Å². The molecule has 0 aromatic heterocycles. The van der Waals surface area contributed by atoms with Crippen molar-refractivity contribution in [2.75, 3.05) is 13.2 Å². The lowest BCUT2D eigenvalue weighted by molar-refractivity contribution is -0.147. The molecule has 0 aliphatic carbocycles. The van der Waals surface area contributed by atoms with Gasteiger partial charge in [-0.25, -0.2) is 0 Å². The number of fused-ring (bicyclic) bond motifs is 1. The van der Waals surface area contributed by atoms with Crippen LogP contribution in [0.5, 0.6) is 5.75 Å². The van der Waals surface area contributed by atoms with Crippen molar-refractivity contribution >= 4 is 27.8 Å². The van der Waals surface area contributed by atoms with Gasteiger partial charge in [0.2, 0.25) is 5.91 Å². The monoisotopic (exact) mass is 353 g/mol. The standard InChI is InChI=1S/C15H16BrNO4/c16-12-5-9-3-4-21-14(9)11(6-12)8-17-7-10(15(19)20)1-2-13(17)18/h5-6,10H,1-4,7-8H2,(H,19,20). The summed E-state index contributed by atoms with van der Waals surface area (Å²) >= 11 is 3.48. The predicted molar refractivity (Wildman–Crippen MR) is 79.1 cm³/mol. The summed E-state index contributed by atoms with van der Waals surface area (Å²) in [5.74, 6) is -0.435. The maximum atomic E-state index is 12.0. The Morgan fingerprint density at radius 2 is 2.24 bits per heavy atom. The lowest BCUT2D eigenvalue weighted by Crippen LogP contribution is -2.42. The molecule has 2 aliphatic heterocycles. The van der Waals surface area contributed by atoms with E-state index in [0.717, 1.165) is 27.8 Å². The van der Waals surface area contributed by atoms with Gasteiger partial charge in [0.15, 0.2) is 0 Å². The second-order valence-electron chi connectivity index (χ2n) is 5.50. The molecule has 0 radical (unpaired) electrons. The summed E-state index contributed by atoms with van der Waals surface area (Å²) in [4.78, 5) is 24.8. The van der Waals surface area contributed by atoms with E-state index in [1.165, 1.54) is 0 Å². The van der Waals surface area contributed by atoms with Crippen LogP contribution in [0.25, 0.3) is 0 Å². The van der Waals surface area contributed by atoms with Crippen molar-refractivity contribution in [1.29, 1.82) is 0 Å². The lowest BCUT2D eigenvalue weighted by Gasteiger charge is -2.31. The highest BCUT2D eigenvalue weighted by atomic mass is 79.9. The minimum atomic E-state index is -0.830. The first-order chi connectivity index (χ1) is 10.0. The Kier molecular flexibility index (Phi) is 3.89. The number of carbonyl (C=O) groups is 2. The summed E-state index contributed by atoms with van der Waals surface area (Å²) in [6, 6.07) is 3.98. The van der Waals surface area contributed by atoms with Crippen LogP contribution in [0.15, 0.2) is 16.6 Å². The fraction of sp³-hybridized carbons (Fsp3) is 0.467. The molecule has 2 heterocycles. The third-order valence-corrected chi connectivity index (χ3v) is 4.49. The molecule has 1 fully saturated rings. The van der Waals surface area contributed by atoms with Gasteiger partial charge in [-0.2, -0.15) is 0 Å². The average molecular weight is 354 g/mol. The molecule has 1 N–H and O–H groups in total. The number of aliphatic carboxylic acids is 1. The Labute approximate surface area is 131 Å². The van der Waals surface area contributed by atoms with Crippen molar-refractivity contribution < 1.29 is 19.4 Å². The Bertz CT molecular complexity index is 602. The average Bonchev–Trinajstić information content (AvgIpc) is 2.89. The molecule has 6 heteroatoms. The Morgan fingerprint density at radius 3 is 3.00 bits per heavy atom. The van der Waals surface area contributed by atoms with Crippen molar-refractivity contribution in [3.63, 3.8) is 0 Å². The first-order valence-corrected chi connectivity index (χ1v) is 7.78. The normalized spacial score (nSPS) is 21.1. The zero-order valence-electron chi connectivity index (χ0n) is 11.5. The summed E-state index contributed by atoms with van der Waals surface area (Å²) in [6.07, 6.45) is 1.60. The fourth-order valence-electron chi connectivity index (χ4n) is 2.94. The van der Waals surface area contributed by atoms with Crippen LogP contribution >= 0.6 is 15.9 Å². The van der Waals surface area contributed by atoms with Crippen molar-refractivity contribution in [3.8, 4) is 5.75 Å². The van der Waals surface area contributed by atoms with Crippen LogP contribution in [0.1, 0.15) is 24.0 Å². The number of amides is 1. The predicted octanol–water partition coefficient (Wildman–Crippen LogP) is 2.21. The van der Waals surface area contributed by atoms with Crippen LogP contribution in [0.3, 0.4) is 0 Å². The van der Waals surface area contributed by atoms with Gasteiger partial charge in [0.1, 0.15) is 5.75 Å². The van der Waals surface area contributed by atoms with Gasteiger partial charge in [-0.3, -0.25) is 9.59 Å². The molecular weight excluding hydrogens is 338 g/mol. The second kappa shape index (κ2) is 5.67. The number of nitrogens with zero attached hydrogens (tertiary/aromatic N) is 1. The van der Waals surface area contributed by atoms with E-state index in [1.807, 2.05) is 12.1 Å². The largest absolute Gasteiger partial charge is 0.493 e. The smallest absolute Gasteiger partial charge is 0.308 e. The molecule has 1 aromatic rings. The van der Waals surface area contributed by atoms with E-state index >= 15 is 0 Å². The van der Waals surface area contributed by atoms with Gasteiger partial charge in [0.25, 0.3) is 0 Å². The maximum absolute atomic E-state index is 12.0. The van der Waals surface area contributed by atoms with Gasteiger partial charge >= 0.3 is 5.97 Å². The molecule has 21 heavy (non-hydrogen) atoms. The Hall–Kier alpha value is -1.56. The Morgan fingerprint density at radius 1 is 1.43 bits per heavy atom. The van der Waals surface area contributed by atoms with E-state index < -0.39 is 11.9 Å². The molecular formula is C15H16BrNO4. The van der Waals surface area contributed by atoms with Gasteiger partial charge < -0.3 is 14.7 Å². The second-order valence-corrected chi connectivity index (χ2v) is 6.42. The lowest BCUT2D eigenvalue weighted by atomic mass is 9.97. The zero-order chi connectivity index (χ0) is 15.0. The number of carboxylic acid groups (broad SMARTS) is 1. The topological polar surface area (TPSA) is 66.8 Å². The van der Waals surface area contributed by atoms with Gasteiger partial charge in [0, 0.05) is 36.0 Å². The van der Waals surface area contributed by atoms with Gasteiger partial charge in [-0.05, 0) is 24.1 Å². The number of carboxylic acids is 1. The summed E-state index contributed by atoms with van der Waals surface area (Å²) in [7, 11) is 0. The molecule has 2 aliphatic rings. The van der Waals surface area contributed by atoms with Crippen molar-refractivity contribution in [3.05, 3.63) is 27.7 Å². The highest BCUT2D eigenvalue weighted by molar-refractivity contribution is 9.10. The number of piperidine rings is 1. The highest BCUT2D eigenvalue weighted by Crippen LogP contribution is 2.34. The molecule has 5 nitrogen and oxygen atoms in total. The van der Waals surface area contributed by atoms with Crippen LogP contribution in [-0.2, 0) is 22.6 Å².